The minimum Gasteiger partial charge on any atom is -0.481 e. The number of ether oxygens (including phenoxy) is 9. The van der Waals surface area contributed by atoms with Crippen LogP contribution in [-0.4, -0.2) is 161 Å². The van der Waals surface area contributed by atoms with Crippen molar-refractivity contribution in [2.75, 3.05) is 112 Å². The predicted molar refractivity (Wildman–Crippen MR) is 270 cm³/mol. The Labute approximate surface area is 433 Å². The van der Waals surface area contributed by atoms with E-state index >= 15 is 0 Å². The molecule has 0 fully saturated rings. The van der Waals surface area contributed by atoms with Gasteiger partial charge >= 0.3 is 11.9 Å². The van der Waals surface area contributed by atoms with Gasteiger partial charge in [0.15, 0.2) is 16.4 Å². The first-order valence-corrected chi connectivity index (χ1v) is 27.9. The van der Waals surface area contributed by atoms with Crippen LogP contribution in [0.1, 0.15) is 111 Å². The molecule has 0 amide bonds. The van der Waals surface area contributed by atoms with E-state index in [9.17, 15) is 36.1 Å². The Morgan fingerprint density at radius 3 is 1.68 bits per heavy atom. The van der Waals surface area contributed by atoms with E-state index in [1.165, 1.54) is 6.07 Å². The van der Waals surface area contributed by atoms with Crippen molar-refractivity contribution in [3.8, 4) is 11.5 Å². The van der Waals surface area contributed by atoms with Gasteiger partial charge in [0.25, 0.3) is 10.1 Å². The highest BCUT2D eigenvalue weighted by atomic mass is 32.2. The largest absolute Gasteiger partial charge is 0.481 e. The highest BCUT2D eigenvalue weighted by Gasteiger charge is 2.42. The van der Waals surface area contributed by atoms with Crippen LogP contribution in [0.15, 0.2) is 51.2 Å². The van der Waals surface area contributed by atoms with Gasteiger partial charge in [0.2, 0.25) is 10.0 Å². The maximum atomic E-state index is 14.9. The molecule has 2 unspecified atom stereocenters. The molecule has 1 aliphatic carbocycles. The second-order valence-electron chi connectivity index (χ2n) is 19.9. The highest BCUT2D eigenvalue weighted by Crippen LogP contribution is 2.51. The molecule has 20 nitrogen and oxygen atoms in total. The number of hydrogen-bond donors (Lipinski definition) is 4. The summed E-state index contributed by atoms with van der Waals surface area (Å²) in [4.78, 5) is 27.5. The molecule has 2 atom stereocenters. The molecule has 0 radical (unpaired) electrons. The summed E-state index contributed by atoms with van der Waals surface area (Å²) in [6, 6.07) is 9.84. The number of sulfonamides is 1. The van der Waals surface area contributed by atoms with E-state index < -0.39 is 42.5 Å². The Morgan fingerprint density at radius 2 is 1.16 bits per heavy atom. The van der Waals surface area contributed by atoms with E-state index in [1.807, 2.05) is 41.5 Å². The number of hydrogen-bond acceptors (Lipinski definition) is 16. The van der Waals surface area contributed by atoms with Crippen LogP contribution < -0.4 is 20.0 Å². The van der Waals surface area contributed by atoms with Gasteiger partial charge in [0, 0.05) is 22.9 Å². The lowest BCUT2D eigenvalue weighted by atomic mass is 9.69. The zero-order valence-corrected chi connectivity index (χ0v) is 44.8. The molecular formula is C52H72N2O18S2. The average Bonchev–Trinajstić information content (AvgIpc) is 3.30. The van der Waals surface area contributed by atoms with Gasteiger partial charge in [-0.1, -0.05) is 45.9 Å². The number of carboxylic acid groups (broad SMARTS) is 2. The van der Waals surface area contributed by atoms with Crippen LogP contribution >= 0.6 is 0 Å². The van der Waals surface area contributed by atoms with Crippen LogP contribution in [0.4, 0.5) is 0 Å². The normalized spacial score (nSPS) is 17.6. The summed E-state index contributed by atoms with van der Waals surface area (Å²) >= 11 is 0. The number of nitrogens with one attached hydrogen (secondary N) is 1. The summed E-state index contributed by atoms with van der Waals surface area (Å²) in [5, 5.41) is 19.5. The fraction of sp³-hybridized carbons (Fsp3) is 0.596. The third kappa shape index (κ3) is 15.8. The van der Waals surface area contributed by atoms with Crippen molar-refractivity contribution in [1.82, 2.24) is 4.72 Å². The van der Waals surface area contributed by atoms with Gasteiger partial charge in [-0.15, -0.1) is 0 Å². The minimum atomic E-state index is -5.03. The first-order chi connectivity index (χ1) is 35.1. The lowest BCUT2D eigenvalue weighted by Crippen LogP contribution is -2.41. The number of rotatable bonds is 32. The Balaban J connectivity index is 1.05. The van der Waals surface area contributed by atoms with E-state index in [1.54, 1.807) is 30.3 Å². The second kappa shape index (κ2) is 26.6. The molecule has 74 heavy (non-hydrogen) atoms. The zero-order valence-electron chi connectivity index (χ0n) is 43.2. The molecule has 6 rings (SSSR count). The van der Waals surface area contributed by atoms with Gasteiger partial charge in [-0.05, 0) is 90.8 Å². The van der Waals surface area contributed by atoms with E-state index in [2.05, 4.69) is 4.72 Å². The first-order valence-electron chi connectivity index (χ1n) is 24.9. The highest BCUT2D eigenvalue weighted by molar-refractivity contribution is 7.89. The molecule has 0 aromatic heterocycles. The van der Waals surface area contributed by atoms with Gasteiger partial charge in [0.1, 0.15) is 4.90 Å². The molecule has 0 saturated carbocycles. The van der Waals surface area contributed by atoms with Crippen molar-refractivity contribution < 1.29 is 83.8 Å². The molecule has 22 heteroatoms. The second-order valence-corrected chi connectivity index (χ2v) is 23.0. The molecular weight excluding hydrogens is 1000 g/mol. The Bertz CT molecular complexity index is 2800. The molecule has 3 aliphatic rings. The SMILES string of the molecule is CC1CC(C)(C)Cc2c1cc1c(c2S(=O)(=O)O)Oc2c(S(=O)(=O)NCCOCCOCCOCCOCCOCCOCCOCCOCCC(=O)O)c3c(cc2=C1c1ccccc1C(=O)O)C(C)CC(C)(C)N=3. The van der Waals surface area contributed by atoms with Gasteiger partial charge in [-0.3, -0.25) is 14.3 Å². The Hall–Kier alpha value is -4.43. The van der Waals surface area contributed by atoms with Crippen LogP contribution in [0.5, 0.6) is 11.5 Å². The molecule has 2 heterocycles. The number of carbonyl (C=O) groups is 2. The summed E-state index contributed by atoms with van der Waals surface area (Å²) in [6.07, 6.45) is 1.51. The van der Waals surface area contributed by atoms with E-state index in [0.717, 1.165) is 0 Å². The number of fused-ring (bicyclic) bond motifs is 4. The maximum absolute atomic E-state index is 14.9. The van der Waals surface area contributed by atoms with Crippen LogP contribution in [-0.2, 0) is 69.3 Å². The van der Waals surface area contributed by atoms with Crippen LogP contribution in [0.25, 0.3) is 5.57 Å². The Morgan fingerprint density at radius 1 is 0.662 bits per heavy atom. The Kier molecular flexibility index (Phi) is 21.1. The quantitative estimate of drug-likeness (QED) is 0.0376. The van der Waals surface area contributed by atoms with Crippen LogP contribution in [0.3, 0.4) is 0 Å². The van der Waals surface area contributed by atoms with Crippen molar-refractivity contribution in [3.05, 3.63) is 80.4 Å². The summed E-state index contributed by atoms with van der Waals surface area (Å²) in [5.41, 5.74) is 1.11. The molecule has 0 spiro atoms. The van der Waals surface area contributed by atoms with Gasteiger partial charge in [-0.2, -0.15) is 8.42 Å². The molecule has 4 N–H and O–H groups in total. The lowest BCUT2D eigenvalue weighted by molar-refractivity contribution is -0.138. The summed E-state index contributed by atoms with van der Waals surface area (Å²) in [6.45, 7) is 16.5. The fourth-order valence-electron chi connectivity index (χ4n) is 9.80. The molecule has 3 aromatic rings. The van der Waals surface area contributed by atoms with Crippen LogP contribution in [0.2, 0.25) is 0 Å². The number of aliphatic carboxylic acids is 1. The van der Waals surface area contributed by atoms with Crippen molar-refractivity contribution in [3.63, 3.8) is 0 Å². The smallest absolute Gasteiger partial charge is 0.336 e. The zero-order chi connectivity index (χ0) is 53.7. The number of nitrogens with zero attached hydrogens (tertiary/aromatic N) is 1. The third-order valence-corrected chi connectivity index (χ3v) is 15.2. The minimum absolute atomic E-state index is 0.0332. The molecule has 0 bridgehead atoms. The number of benzene rings is 3. The van der Waals surface area contributed by atoms with Crippen LogP contribution in [0, 0.1) is 5.41 Å². The predicted octanol–water partition coefficient (Wildman–Crippen LogP) is 4.85. The summed E-state index contributed by atoms with van der Waals surface area (Å²) in [7, 11) is -9.59. The third-order valence-electron chi connectivity index (χ3n) is 12.7. The fourth-order valence-corrected chi connectivity index (χ4v) is 12.0. The average molecular weight is 1080 g/mol. The van der Waals surface area contributed by atoms with Crippen molar-refractivity contribution in [1.29, 1.82) is 0 Å². The van der Waals surface area contributed by atoms with Crippen molar-refractivity contribution in [2.24, 2.45) is 10.4 Å². The summed E-state index contributed by atoms with van der Waals surface area (Å²) < 4.78 is 121. The van der Waals surface area contributed by atoms with E-state index in [4.69, 9.17) is 52.7 Å². The van der Waals surface area contributed by atoms with Crippen molar-refractivity contribution in [2.45, 2.75) is 94.4 Å². The molecule has 410 valence electrons. The molecule has 2 aliphatic heterocycles. The molecule has 0 saturated heterocycles. The van der Waals surface area contributed by atoms with Crippen molar-refractivity contribution >= 4 is 37.7 Å². The standard InChI is InChI=1S/C52H72N2O18S2/c1-34-31-51(3,4)33-42-38(34)29-40-44(36-9-7-8-10-37(36)50(57)58)41-30-39-35(2)32-52(5,6)54-45(39)49(47(41)72-46(40)48(42)74(61,62)63)73(59,60)53-12-14-65-16-18-67-20-22-69-24-26-71-28-27-70-25-23-68-21-19-66-17-15-64-13-11-43(55)56/h7-10,29-30,34-35,53H,11-28,31-33H2,1-6H3,(H,55,56)(H,57,58)(H,61,62,63). The monoisotopic (exact) mass is 1080 g/mol. The van der Waals surface area contributed by atoms with E-state index in [0.29, 0.717) is 109 Å². The topological polar surface area (TPSA) is 271 Å². The lowest BCUT2D eigenvalue weighted by Gasteiger charge is -2.38. The van der Waals surface area contributed by atoms with E-state index in [-0.39, 0.29) is 112 Å². The van der Waals surface area contributed by atoms with Gasteiger partial charge in [0.05, 0.1) is 129 Å². The summed E-state index contributed by atoms with van der Waals surface area (Å²) in [5.74, 6) is -3.06. The first kappa shape index (κ1) is 58.8. The number of carboxylic acids is 2. The van der Waals surface area contributed by atoms with Gasteiger partial charge < -0.3 is 52.8 Å². The molecule has 3 aromatic carbocycles. The van der Waals surface area contributed by atoms with Gasteiger partial charge in [-0.25, -0.2) is 17.9 Å². The number of aromatic carboxylic acids is 1. The maximum Gasteiger partial charge on any atom is 0.336 e.